The zero-order valence-corrected chi connectivity index (χ0v) is 14.7. The maximum atomic E-state index is 10.6. The molecule has 0 amide bonds. The van der Waals surface area contributed by atoms with Crippen LogP contribution in [0.4, 0.5) is 0 Å². The van der Waals surface area contributed by atoms with Crippen molar-refractivity contribution in [1.82, 2.24) is 14.8 Å². The highest BCUT2D eigenvalue weighted by Gasteiger charge is 2.14. The summed E-state index contributed by atoms with van der Waals surface area (Å²) in [7, 11) is 2.17. The summed E-state index contributed by atoms with van der Waals surface area (Å²) < 4.78 is 0. The van der Waals surface area contributed by atoms with Gasteiger partial charge in [0.2, 0.25) is 0 Å². The number of rotatable bonds is 6. The van der Waals surface area contributed by atoms with Crippen molar-refractivity contribution in [2.75, 3.05) is 33.2 Å². The molecule has 132 valence electrons. The molecule has 1 fully saturated rings. The number of hydrogen-bond acceptors (Lipinski definition) is 4. The molecule has 25 heavy (non-hydrogen) atoms. The Kier molecular flexibility index (Phi) is 5.79. The molecule has 0 radical (unpaired) electrons. The highest BCUT2D eigenvalue weighted by atomic mass is 16.4. The third kappa shape index (κ3) is 5.11. The summed E-state index contributed by atoms with van der Waals surface area (Å²) in [5.74, 6) is -0.762. The Labute approximate surface area is 148 Å². The van der Waals surface area contributed by atoms with E-state index >= 15 is 0 Å². The number of likely N-dealkylation sites (N-methyl/N-ethyl adjacent to an activating group) is 1. The number of benzene rings is 1. The second-order valence-corrected chi connectivity index (χ2v) is 6.72. The van der Waals surface area contributed by atoms with E-state index in [1.807, 2.05) is 30.5 Å². The van der Waals surface area contributed by atoms with E-state index in [4.69, 9.17) is 5.11 Å². The predicted octanol–water partition coefficient (Wildman–Crippen LogP) is 2.51. The van der Waals surface area contributed by atoms with Crippen LogP contribution in [0.3, 0.4) is 0 Å². The van der Waals surface area contributed by atoms with Crippen LogP contribution in [0.2, 0.25) is 0 Å². The summed E-state index contributed by atoms with van der Waals surface area (Å²) in [5, 5.41) is 8.75. The first-order valence-electron chi connectivity index (χ1n) is 8.77. The van der Waals surface area contributed by atoms with Gasteiger partial charge < -0.3 is 10.0 Å². The van der Waals surface area contributed by atoms with Crippen molar-refractivity contribution in [3.8, 4) is 11.3 Å². The van der Waals surface area contributed by atoms with Gasteiger partial charge in [0.1, 0.15) is 0 Å². The number of piperazine rings is 1. The third-order valence-corrected chi connectivity index (χ3v) is 4.70. The zero-order valence-electron chi connectivity index (χ0n) is 14.7. The molecule has 5 nitrogen and oxygen atoms in total. The molecule has 0 atom stereocenters. The number of aryl methyl sites for hydroxylation is 1. The normalized spacial score (nSPS) is 16.0. The van der Waals surface area contributed by atoms with Gasteiger partial charge in [-0.05, 0) is 30.7 Å². The van der Waals surface area contributed by atoms with Crippen LogP contribution < -0.4 is 0 Å². The summed E-state index contributed by atoms with van der Waals surface area (Å²) in [5.41, 5.74) is 4.29. The maximum Gasteiger partial charge on any atom is 0.303 e. The van der Waals surface area contributed by atoms with Gasteiger partial charge in [0, 0.05) is 50.9 Å². The minimum atomic E-state index is -0.762. The molecule has 1 aromatic carbocycles. The van der Waals surface area contributed by atoms with Crippen molar-refractivity contribution < 1.29 is 9.90 Å². The summed E-state index contributed by atoms with van der Waals surface area (Å²) in [6, 6.07) is 12.2. The van der Waals surface area contributed by atoms with Gasteiger partial charge >= 0.3 is 5.97 Å². The van der Waals surface area contributed by atoms with E-state index in [2.05, 4.69) is 34.0 Å². The molecule has 0 spiro atoms. The van der Waals surface area contributed by atoms with Crippen LogP contribution in [0.5, 0.6) is 0 Å². The van der Waals surface area contributed by atoms with Crippen LogP contribution in [-0.4, -0.2) is 59.1 Å². The molecule has 0 saturated carbocycles. The van der Waals surface area contributed by atoms with E-state index in [0.717, 1.165) is 49.5 Å². The second kappa shape index (κ2) is 8.23. The highest BCUT2D eigenvalue weighted by molar-refractivity contribution is 5.67. The average molecular weight is 339 g/mol. The Hall–Kier alpha value is -2.24. The number of hydrogen-bond donors (Lipinski definition) is 1. The number of aromatic nitrogens is 1. The quantitative estimate of drug-likeness (QED) is 0.876. The van der Waals surface area contributed by atoms with E-state index in [0.29, 0.717) is 6.42 Å². The van der Waals surface area contributed by atoms with Gasteiger partial charge in [-0.1, -0.05) is 30.3 Å². The predicted molar refractivity (Wildman–Crippen MR) is 98.4 cm³/mol. The molecule has 1 aliphatic rings. The fourth-order valence-electron chi connectivity index (χ4n) is 3.05. The average Bonchev–Trinajstić information content (AvgIpc) is 2.63. The molecule has 0 unspecified atom stereocenters. The smallest absolute Gasteiger partial charge is 0.303 e. The lowest BCUT2D eigenvalue weighted by atomic mass is 10.0. The monoisotopic (exact) mass is 339 g/mol. The molecule has 3 rings (SSSR count). The topological polar surface area (TPSA) is 56.7 Å². The van der Waals surface area contributed by atoms with Crippen LogP contribution in [0, 0.1) is 0 Å². The summed E-state index contributed by atoms with van der Waals surface area (Å²) >= 11 is 0. The van der Waals surface area contributed by atoms with Gasteiger partial charge in [0.05, 0.1) is 5.69 Å². The van der Waals surface area contributed by atoms with Gasteiger partial charge in [0.15, 0.2) is 0 Å². The number of aliphatic carboxylic acids is 1. The van der Waals surface area contributed by atoms with Crippen molar-refractivity contribution in [1.29, 1.82) is 0 Å². The van der Waals surface area contributed by atoms with Gasteiger partial charge in [-0.15, -0.1) is 0 Å². The van der Waals surface area contributed by atoms with Gasteiger partial charge in [-0.2, -0.15) is 0 Å². The Morgan fingerprint density at radius 2 is 1.72 bits per heavy atom. The van der Waals surface area contributed by atoms with E-state index in [-0.39, 0.29) is 6.42 Å². The molecule has 2 aromatic rings. The number of carboxylic acid groups (broad SMARTS) is 1. The molecular weight excluding hydrogens is 314 g/mol. The lowest BCUT2D eigenvalue weighted by Crippen LogP contribution is -2.43. The van der Waals surface area contributed by atoms with Crippen molar-refractivity contribution in [3.05, 3.63) is 53.7 Å². The first-order chi connectivity index (χ1) is 12.1. The number of nitrogens with zero attached hydrogens (tertiary/aromatic N) is 3. The van der Waals surface area contributed by atoms with Crippen molar-refractivity contribution in [2.45, 2.75) is 19.4 Å². The second-order valence-electron chi connectivity index (χ2n) is 6.72. The number of carbonyl (C=O) groups is 1. The Morgan fingerprint density at radius 1 is 1.04 bits per heavy atom. The van der Waals surface area contributed by atoms with Crippen LogP contribution >= 0.6 is 0 Å². The minimum Gasteiger partial charge on any atom is -0.481 e. The molecule has 5 heteroatoms. The van der Waals surface area contributed by atoms with Crippen LogP contribution in [-0.2, 0) is 17.8 Å². The lowest BCUT2D eigenvalue weighted by molar-refractivity contribution is -0.136. The van der Waals surface area contributed by atoms with Gasteiger partial charge in [-0.25, -0.2) is 0 Å². The zero-order chi connectivity index (χ0) is 17.6. The third-order valence-electron chi connectivity index (χ3n) is 4.70. The van der Waals surface area contributed by atoms with E-state index in [1.165, 1.54) is 5.56 Å². The van der Waals surface area contributed by atoms with Gasteiger partial charge in [0.25, 0.3) is 0 Å². The minimum absolute atomic E-state index is 0.165. The van der Waals surface area contributed by atoms with E-state index < -0.39 is 5.97 Å². The molecule has 1 saturated heterocycles. The first kappa shape index (κ1) is 17.6. The van der Waals surface area contributed by atoms with Crippen molar-refractivity contribution in [2.24, 2.45) is 0 Å². The summed E-state index contributed by atoms with van der Waals surface area (Å²) in [6.45, 7) is 5.42. The molecule has 1 N–H and O–H groups in total. The van der Waals surface area contributed by atoms with Crippen molar-refractivity contribution in [3.63, 3.8) is 0 Å². The molecule has 2 heterocycles. The molecule has 0 aliphatic carbocycles. The fourth-order valence-corrected chi connectivity index (χ4v) is 3.05. The van der Waals surface area contributed by atoms with E-state index in [1.54, 1.807) is 0 Å². The largest absolute Gasteiger partial charge is 0.481 e. The highest BCUT2D eigenvalue weighted by Crippen LogP contribution is 2.19. The Morgan fingerprint density at radius 3 is 2.32 bits per heavy atom. The molecule has 0 bridgehead atoms. The molecular formula is C20H25N3O2. The summed E-state index contributed by atoms with van der Waals surface area (Å²) in [4.78, 5) is 20.1. The summed E-state index contributed by atoms with van der Waals surface area (Å²) in [6.07, 6.45) is 2.69. The molecule has 1 aliphatic heterocycles. The number of carboxylic acids is 1. The lowest BCUT2D eigenvalue weighted by Gasteiger charge is -2.32. The maximum absolute atomic E-state index is 10.6. The van der Waals surface area contributed by atoms with Crippen molar-refractivity contribution >= 4 is 5.97 Å². The van der Waals surface area contributed by atoms with Gasteiger partial charge in [-0.3, -0.25) is 14.7 Å². The fraction of sp³-hybridized carbons (Fsp3) is 0.400. The van der Waals surface area contributed by atoms with Crippen LogP contribution in [0.1, 0.15) is 17.5 Å². The van der Waals surface area contributed by atoms with E-state index in [9.17, 15) is 4.79 Å². The van der Waals surface area contributed by atoms with Crippen LogP contribution in [0.25, 0.3) is 11.3 Å². The molecule has 1 aromatic heterocycles. The standard InChI is InChI=1S/C20H25N3O2/c1-22-10-12-23(13-11-22)15-17-4-8-19(21-14-17)18-6-2-16(3-7-18)5-9-20(24)25/h2-4,6-8,14H,5,9-13,15H2,1H3,(H,24,25). The van der Waals surface area contributed by atoms with Crippen LogP contribution in [0.15, 0.2) is 42.6 Å². The Bertz CT molecular complexity index is 690. The first-order valence-corrected chi connectivity index (χ1v) is 8.77. The SMILES string of the molecule is CN1CCN(Cc2ccc(-c3ccc(CCC(=O)O)cc3)nc2)CC1. The Balaban J connectivity index is 1.59. The number of pyridine rings is 1.